The fourth-order valence-corrected chi connectivity index (χ4v) is 3.10. The van der Waals surface area contributed by atoms with Gasteiger partial charge in [0.05, 0.1) is 6.61 Å². The molecule has 122 valence electrons. The van der Waals surface area contributed by atoms with Crippen molar-refractivity contribution in [2.24, 2.45) is 0 Å². The van der Waals surface area contributed by atoms with E-state index in [9.17, 15) is 9.59 Å². The van der Waals surface area contributed by atoms with Gasteiger partial charge in [0, 0.05) is 16.5 Å². The molecule has 0 saturated carbocycles. The van der Waals surface area contributed by atoms with Crippen LogP contribution in [0.1, 0.15) is 16.6 Å². The number of ether oxygens (including phenoxy) is 2. The predicted octanol–water partition coefficient (Wildman–Crippen LogP) is 4.69. The Bertz CT molecular complexity index is 854. The topological polar surface area (TPSA) is 64.6 Å². The van der Waals surface area contributed by atoms with E-state index in [1.54, 1.807) is 31.2 Å². The molecule has 0 unspecified atom stereocenters. The Balaban J connectivity index is 1.73. The lowest BCUT2D eigenvalue weighted by Crippen LogP contribution is -2.13. The van der Waals surface area contributed by atoms with Gasteiger partial charge < -0.3 is 9.47 Å². The molecule has 24 heavy (non-hydrogen) atoms. The third kappa shape index (κ3) is 3.72. The van der Waals surface area contributed by atoms with Gasteiger partial charge in [0.25, 0.3) is 0 Å². The number of hydrogen-bond acceptors (Lipinski definition) is 5. The number of nitrogens with one attached hydrogen (secondary N) is 1. The lowest BCUT2D eigenvalue weighted by atomic mass is 10.2. The molecule has 0 aliphatic rings. The summed E-state index contributed by atoms with van der Waals surface area (Å²) in [7, 11) is 0. The number of hydrogen-bond donors (Lipinski definition) is 1. The number of thiophene rings is 1. The highest BCUT2D eigenvalue weighted by molar-refractivity contribution is 7.20. The van der Waals surface area contributed by atoms with E-state index in [-0.39, 0.29) is 6.61 Å². The Morgan fingerprint density at radius 3 is 2.71 bits per heavy atom. The van der Waals surface area contributed by atoms with E-state index in [2.05, 4.69) is 5.32 Å². The Morgan fingerprint density at radius 2 is 1.92 bits per heavy atom. The average Bonchev–Trinajstić information content (AvgIpc) is 2.99. The molecule has 0 spiro atoms. The molecule has 0 atom stereocenters. The molecule has 1 heterocycles. The van der Waals surface area contributed by atoms with Crippen LogP contribution in [0.3, 0.4) is 0 Å². The minimum absolute atomic E-state index is 0.284. The molecular formula is C18H15NO4S. The van der Waals surface area contributed by atoms with Crippen LogP contribution in [0.15, 0.2) is 54.6 Å². The van der Waals surface area contributed by atoms with Crippen LogP contribution in [0.5, 0.6) is 5.75 Å². The van der Waals surface area contributed by atoms with Crippen molar-refractivity contribution in [2.75, 3.05) is 11.9 Å². The highest BCUT2D eigenvalue weighted by Crippen LogP contribution is 2.27. The van der Waals surface area contributed by atoms with Crippen LogP contribution in [0, 0.1) is 0 Å². The van der Waals surface area contributed by atoms with Crippen LogP contribution >= 0.6 is 11.3 Å². The zero-order valence-corrected chi connectivity index (χ0v) is 13.8. The number of amides is 1. The number of anilines is 1. The van der Waals surface area contributed by atoms with Gasteiger partial charge in [0.15, 0.2) is 0 Å². The Hall–Kier alpha value is -2.86. The van der Waals surface area contributed by atoms with Gasteiger partial charge in [-0.05, 0) is 36.6 Å². The highest BCUT2D eigenvalue weighted by Gasteiger charge is 2.13. The summed E-state index contributed by atoms with van der Waals surface area (Å²) >= 11 is 1.38. The number of carbonyl (C=O) groups is 2. The molecule has 6 heteroatoms. The second kappa shape index (κ2) is 7.14. The number of fused-ring (bicyclic) bond motifs is 1. The lowest BCUT2D eigenvalue weighted by Gasteiger charge is -2.07. The maximum absolute atomic E-state index is 12.3. The van der Waals surface area contributed by atoms with Crippen molar-refractivity contribution in [3.05, 3.63) is 59.5 Å². The van der Waals surface area contributed by atoms with Gasteiger partial charge in [0.1, 0.15) is 10.6 Å². The second-order valence-electron chi connectivity index (χ2n) is 4.91. The fraction of sp³-hybridized carbons (Fsp3) is 0.111. The molecule has 3 aromatic rings. The van der Waals surface area contributed by atoms with Gasteiger partial charge in [-0.15, -0.1) is 11.3 Å². The summed E-state index contributed by atoms with van der Waals surface area (Å²) in [5, 5.41) is 3.57. The first-order valence-corrected chi connectivity index (χ1v) is 8.22. The first-order valence-electron chi connectivity index (χ1n) is 7.40. The normalized spacial score (nSPS) is 10.4. The van der Waals surface area contributed by atoms with Crippen molar-refractivity contribution < 1.29 is 19.1 Å². The van der Waals surface area contributed by atoms with E-state index in [4.69, 9.17) is 9.47 Å². The summed E-state index contributed by atoms with van der Waals surface area (Å²) in [6.07, 6.45) is -0.550. The fourth-order valence-electron chi connectivity index (χ4n) is 2.16. The molecule has 0 aliphatic carbocycles. The van der Waals surface area contributed by atoms with E-state index >= 15 is 0 Å². The molecule has 1 aromatic heterocycles. The SMILES string of the molecule is CCOC(=O)Nc1cccc(OC(=O)c2cc3ccccc3s2)c1. The van der Waals surface area contributed by atoms with Crippen molar-refractivity contribution in [3.63, 3.8) is 0 Å². The van der Waals surface area contributed by atoms with Crippen LogP contribution in [0.4, 0.5) is 10.5 Å². The Kier molecular flexibility index (Phi) is 4.77. The largest absolute Gasteiger partial charge is 0.450 e. The monoisotopic (exact) mass is 341 g/mol. The predicted molar refractivity (Wildman–Crippen MR) is 93.9 cm³/mol. The summed E-state index contributed by atoms with van der Waals surface area (Å²) in [5.74, 6) is -0.0729. The molecule has 0 bridgehead atoms. The van der Waals surface area contributed by atoms with Crippen LogP contribution in [0.2, 0.25) is 0 Å². The quantitative estimate of drug-likeness (QED) is 0.552. The van der Waals surface area contributed by atoms with Crippen LogP contribution in [-0.2, 0) is 4.74 Å². The summed E-state index contributed by atoms with van der Waals surface area (Å²) in [4.78, 5) is 24.3. The highest BCUT2D eigenvalue weighted by atomic mass is 32.1. The van der Waals surface area contributed by atoms with Crippen molar-refractivity contribution in [2.45, 2.75) is 6.92 Å². The third-order valence-electron chi connectivity index (χ3n) is 3.19. The van der Waals surface area contributed by atoms with Crippen molar-refractivity contribution in [1.29, 1.82) is 0 Å². The van der Waals surface area contributed by atoms with E-state index in [0.717, 1.165) is 10.1 Å². The summed E-state index contributed by atoms with van der Waals surface area (Å²) < 4.78 is 11.2. The summed E-state index contributed by atoms with van der Waals surface area (Å²) in [5.41, 5.74) is 0.495. The van der Waals surface area contributed by atoms with E-state index in [0.29, 0.717) is 16.3 Å². The van der Waals surface area contributed by atoms with Crippen molar-refractivity contribution >= 4 is 39.2 Å². The molecule has 1 amide bonds. The molecule has 1 N–H and O–H groups in total. The van der Waals surface area contributed by atoms with Crippen molar-refractivity contribution in [1.82, 2.24) is 0 Å². The van der Waals surface area contributed by atoms with Gasteiger partial charge in [-0.2, -0.15) is 0 Å². The average molecular weight is 341 g/mol. The maximum Gasteiger partial charge on any atom is 0.411 e. The van der Waals surface area contributed by atoms with E-state index < -0.39 is 12.1 Å². The van der Waals surface area contributed by atoms with Crippen LogP contribution < -0.4 is 10.1 Å². The maximum atomic E-state index is 12.3. The number of benzene rings is 2. The molecule has 0 fully saturated rings. The minimum atomic E-state index is -0.550. The molecule has 5 nitrogen and oxygen atoms in total. The first kappa shape index (κ1) is 16.0. The van der Waals surface area contributed by atoms with Crippen molar-refractivity contribution in [3.8, 4) is 5.75 Å². The minimum Gasteiger partial charge on any atom is -0.450 e. The number of rotatable bonds is 4. The lowest BCUT2D eigenvalue weighted by molar-refractivity contribution is 0.0740. The Morgan fingerprint density at radius 1 is 1.08 bits per heavy atom. The van der Waals surface area contributed by atoms with Crippen LogP contribution in [0.25, 0.3) is 10.1 Å². The van der Waals surface area contributed by atoms with Gasteiger partial charge in [-0.3, -0.25) is 5.32 Å². The molecular weight excluding hydrogens is 326 g/mol. The first-order chi connectivity index (χ1) is 11.7. The summed E-state index contributed by atoms with van der Waals surface area (Å²) in [6, 6.07) is 16.2. The van der Waals surface area contributed by atoms with E-state index in [1.165, 1.54) is 11.3 Å². The zero-order chi connectivity index (χ0) is 16.9. The van der Waals surface area contributed by atoms with Gasteiger partial charge in [0.2, 0.25) is 0 Å². The molecule has 3 rings (SSSR count). The number of carbonyl (C=O) groups excluding carboxylic acids is 2. The summed E-state index contributed by atoms with van der Waals surface area (Å²) in [6.45, 7) is 2.01. The zero-order valence-electron chi connectivity index (χ0n) is 12.9. The standard InChI is InChI=1S/C18H15NO4S/c1-2-22-18(21)19-13-7-5-8-14(11-13)23-17(20)16-10-12-6-3-4-9-15(12)24-16/h3-11H,2H2,1H3,(H,19,21). The molecule has 0 saturated heterocycles. The van der Waals surface area contributed by atoms with Crippen LogP contribution in [-0.4, -0.2) is 18.7 Å². The van der Waals surface area contributed by atoms with E-state index in [1.807, 2.05) is 30.3 Å². The smallest absolute Gasteiger partial charge is 0.411 e. The van der Waals surface area contributed by atoms with Gasteiger partial charge >= 0.3 is 12.1 Å². The second-order valence-corrected chi connectivity index (χ2v) is 6.00. The van der Waals surface area contributed by atoms with Gasteiger partial charge in [-0.25, -0.2) is 9.59 Å². The molecule has 0 radical (unpaired) electrons. The molecule has 0 aliphatic heterocycles. The molecule has 2 aromatic carbocycles. The van der Waals surface area contributed by atoms with Gasteiger partial charge in [-0.1, -0.05) is 24.3 Å². The number of esters is 1. The Labute approximate surface area is 142 Å². The third-order valence-corrected chi connectivity index (χ3v) is 4.29.